The van der Waals surface area contributed by atoms with Gasteiger partial charge in [-0.3, -0.25) is 0 Å². The van der Waals surface area contributed by atoms with Crippen LogP contribution < -0.4 is 15.2 Å². The number of nitrogen functional groups attached to an aromatic ring is 1. The van der Waals surface area contributed by atoms with E-state index in [2.05, 4.69) is 0 Å². The molecule has 76 valence electrons. The smallest absolute Gasteiger partial charge is 0.133 e. The molecule has 0 amide bonds. The van der Waals surface area contributed by atoms with Crippen molar-refractivity contribution < 1.29 is 9.47 Å². The van der Waals surface area contributed by atoms with Crippen LogP contribution in [0, 0.1) is 5.41 Å². The van der Waals surface area contributed by atoms with E-state index in [9.17, 15) is 0 Å². The summed E-state index contributed by atoms with van der Waals surface area (Å²) in [5.74, 6) is 1.19. The van der Waals surface area contributed by atoms with Crippen molar-refractivity contribution in [2.24, 2.45) is 0 Å². The summed E-state index contributed by atoms with van der Waals surface area (Å²) in [7, 11) is 3.10. The van der Waals surface area contributed by atoms with Crippen LogP contribution in [0.25, 0.3) is 0 Å². The first kappa shape index (κ1) is 10.4. The molecule has 0 aliphatic carbocycles. The van der Waals surface area contributed by atoms with E-state index in [1.807, 2.05) is 0 Å². The molecule has 0 heterocycles. The van der Waals surface area contributed by atoms with Crippen molar-refractivity contribution in [2.75, 3.05) is 20.0 Å². The summed E-state index contributed by atoms with van der Waals surface area (Å²) < 4.78 is 10.2. The number of ether oxygens (including phenoxy) is 2. The Balaban J connectivity index is 3.34. The lowest BCUT2D eigenvalue weighted by Gasteiger charge is -2.12. The lowest BCUT2D eigenvalue weighted by atomic mass is 10.1. The van der Waals surface area contributed by atoms with E-state index in [0.717, 1.165) is 0 Å². The van der Waals surface area contributed by atoms with Crippen molar-refractivity contribution in [3.63, 3.8) is 0 Å². The molecule has 0 aliphatic heterocycles. The monoisotopic (exact) mass is 194 g/mol. The van der Waals surface area contributed by atoms with Gasteiger partial charge in [-0.15, -0.1) is 0 Å². The van der Waals surface area contributed by atoms with Crippen LogP contribution in [0.1, 0.15) is 12.5 Å². The molecule has 0 aliphatic rings. The Hall–Kier alpha value is -1.71. The summed E-state index contributed by atoms with van der Waals surface area (Å²) in [5.41, 5.74) is 7.26. The molecule has 0 radical (unpaired) electrons. The second-order valence-corrected chi connectivity index (χ2v) is 2.92. The second kappa shape index (κ2) is 4.00. The molecular weight excluding hydrogens is 180 g/mol. The standard InChI is InChI=1S/C10H14N2O2/c1-6(11)10-8(12)4-7(13-2)5-9(10)14-3/h4-5,11H,12H2,1-3H3. The van der Waals surface area contributed by atoms with Crippen LogP contribution >= 0.6 is 0 Å². The minimum Gasteiger partial charge on any atom is -0.497 e. The molecule has 14 heavy (non-hydrogen) atoms. The molecule has 4 nitrogen and oxygen atoms in total. The summed E-state index contributed by atoms with van der Waals surface area (Å²) >= 11 is 0. The number of methoxy groups -OCH3 is 2. The molecule has 1 rings (SSSR count). The first-order valence-corrected chi connectivity index (χ1v) is 4.17. The predicted molar refractivity (Wildman–Crippen MR) is 56.5 cm³/mol. The topological polar surface area (TPSA) is 68.3 Å². The summed E-state index contributed by atoms with van der Waals surface area (Å²) in [6, 6.07) is 3.39. The number of anilines is 1. The van der Waals surface area contributed by atoms with Crippen molar-refractivity contribution in [2.45, 2.75) is 6.92 Å². The molecule has 3 N–H and O–H groups in total. The maximum Gasteiger partial charge on any atom is 0.133 e. The average Bonchev–Trinajstić information content (AvgIpc) is 2.15. The van der Waals surface area contributed by atoms with Crippen LogP contribution in [0.15, 0.2) is 12.1 Å². The molecule has 0 saturated heterocycles. The number of nitrogens with one attached hydrogen (secondary N) is 1. The highest BCUT2D eigenvalue weighted by Gasteiger charge is 2.11. The highest BCUT2D eigenvalue weighted by atomic mass is 16.5. The fourth-order valence-electron chi connectivity index (χ4n) is 1.29. The van der Waals surface area contributed by atoms with Crippen LogP contribution in [0.5, 0.6) is 11.5 Å². The van der Waals surface area contributed by atoms with E-state index in [4.69, 9.17) is 20.6 Å². The van der Waals surface area contributed by atoms with Gasteiger partial charge in [0.25, 0.3) is 0 Å². The minimum absolute atomic E-state index is 0.377. The van der Waals surface area contributed by atoms with Gasteiger partial charge >= 0.3 is 0 Å². The number of nitrogens with two attached hydrogens (primary N) is 1. The van der Waals surface area contributed by atoms with Gasteiger partial charge in [-0.05, 0) is 6.92 Å². The van der Waals surface area contributed by atoms with E-state index in [0.29, 0.717) is 28.5 Å². The number of hydrogen-bond acceptors (Lipinski definition) is 4. The zero-order valence-corrected chi connectivity index (χ0v) is 8.55. The SMILES string of the molecule is COc1cc(N)c(C(C)=N)c(OC)c1. The summed E-state index contributed by atoms with van der Waals surface area (Å²) in [5, 5.41) is 7.55. The minimum atomic E-state index is 0.377. The van der Waals surface area contributed by atoms with Crippen molar-refractivity contribution in [1.29, 1.82) is 5.41 Å². The summed E-state index contributed by atoms with van der Waals surface area (Å²) in [6.45, 7) is 1.67. The molecule has 0 spiro atoms. The van der Waals surface area contributed by atoms with E-state index in [-0.39, 0.29) is 0 Å². The summed E-state index contributed by atoms with van der Waals surface area (Å²) in [6.07, 6.45) is 0. The van der Waals surface area contributed by atoms with Crippen molar-refractivity contribution in [3.8, 4) is 11.5 Å². The number of benzene rings is 1. The van der Waals surface area contributed by atoms with Gasteiger partial charge in [0.15, 0.2) is 0 Å². The Morgan fingerprint density at radius 3 is 2.36 bits per heavy atom. The Bertz CT molecular complexity index is 361. The Morgan fingerprint density at radius 1 is 1.29 bits per heavy atom. The van der Waals surface area contributed by atoms with Gasteiger partial charge in [0.05, 0.1) is 19.8 Å². The molecular formula is C10H14N2O2. The van der Waals surface area contributed by atoms with E-state index < -0.39 is 0 Å². The van der Waals surface area contributed by atoms with E-state index >= 15 is 0 Å². The van der Waals surface area contributed by atoms with Crippen LogP contribution in [-0.4, -0.2) is 19.9 Å². The lowest BCUT2D eigenvalue weighted by Crippen LogP contribution is -2.03. The fraction of sp³-hybridized carbons (Fsp3) is 0.300. The molecule has 1 aromatic carbocycles. The molecule has 0 atom stereocenters. The molecule has 0 aromatic heterocycles. The van der Waals surface area contributed by atoms with Crippen molar-refractivity contribution in [1.82, 2.24) is 0 Å². The highest BCUT2D eigenvalue weighted by molar-refractivity contribution is 6.03. The van der Waals surface area contributed by atoms with Crippen LogP contribution in [0.3, 0.4) is 0 Å². The maximum atomic E-state index is 7.55. The Kier molecular flexibility index (Phi) is 2.96. The average molecular weight is 194 g/mol. The van der Waals surface area contributed by atoms with E-state index in [1.165, 1.54) is 0 Å². The molecule has 0 unspecified atom stereocenters. The normalized spacial score (nSPS) is 9.64. The van der Waals surface area contributed by atoms with Gasteiger partial charge in [0, 0.05) is 23.5 Å². The van der Waals surface area contributed by atoms with Gasteiger partial charge in [-0.2, -0.15) is 0 Å². The molecule has 0 bridgehead atoms. The Labute approximate surface area is 83.1 Å². The molecule has 0 saturated carbocycles. The van der Waals surface area contributed by atoms with Crippen LogP contribution in [0.4, 0.5) is 5.69 Å². The van der Waals surface area contributed by atoms with Gasteiger partial charge in [0.2, 0.25) is 0 Å². The quantitative estimate of drug-likeness (QED) is 0.568. The first-order valence-electron chi connectivity index (χ1n) is 4.17. The molecule has 1 aromatic rings. The number of hydrogen-bond donors (Lipinski definition) is 2. The fourth-order valence-corrected chi connectivity index (χ4v) is 1.29. The van der Waals surface area contributed by atoms with Crippen LogP contribution in [-0.2, 0) is 0 Å². The maximum absolute atomic E-state index is 7.55. The van der Waals surface area contributed by atoms with Crippen molar-refractivity contribution in [3.05, 3.63) is 17.7 Å². The zero-order chi connectivity index (χ0) is 10.7. The largest absolute Gasteiger partial charge is 0.497 e. The van der Waals surface area contributed by atoms with Gasteiger partial charge in [-0.1, -0.05) is 0 Å². The van der Waals surface area contributed by atoms with Gasteiger partial charge < -0.3 is 20.6 Å². The highest BCUT2D eigenvalue weighted by Crippen LogP contribution is 2.30. The third kappa shape index (κ3) is 1.79. The predicted octanol–water partition coefficient (Wildman–Crippen LogP) is 1.67. The van der Waals surface area contributed by atoms with Crippen LogP contribution in [0.2, 0.25) is 0 Å². The first-order chi connectivity index (χ1) is 6.60. The zero-order valence-electron chi connectivity index (χ0n) is 8.55. The Morgan fingerprint density at radius 2 is 1.93 bits per heavy atom. The number of rotatable bonds is 3. The molecule has 0 fully saturated rings. The van der Waals surface area contributed by atoms with Crippen molar-refractivity contribution >= 4 is 11.4 Å². The third-order valence-electron chi connectivity index (χ3n) is 1.94. The van der Waals surface area contributed by atoms with Gasteiger partial charge in [0.1, 0.15) is 11.5 Å². The second-order valence-electron chi connectivity index (χ2n) is 2.92. The lowest BCUT2D eigenvalue weighted by molar-refractivity contribution is 0.394. The van der Waals surface area contributed by atoms with E-state index in [1.54, 1.807) is 33.3 Å². The third-order valence-corrected chi connectivity index (χ3v) is 1.94. The summed E-state index contributed by atoms with van der Waals surface area (Å²) in [4.78, 5) is 0. The van der Waals surface area contributed by atoms with Gasteiger partial charge in [-0.25, -0.2) is 0 Å². The molecule has 4 heteroatoms.